The molecule has 0 aliphatic carbocycles. The van der Waals surface area contributed by atoms with Gasteiger partial charge in [-0.05, 0) is 16.8 Å². The van der Waals surface area contributed by atoms with Gasteiger partial charge in [0, 0.05) is 5.56 Å². The third-order valence-electron chi connectivity index (χ3n) is 1.95. The maximum absolute atomic E-state index is 11.1. The van der Waals surface area contributed by atoms with Gasteiger partial charge in [-0.15, -0.1) is 0 Å². The van der Waals surface area contributed by atoms with Gasteiger partial charge in [-0.2, -0.15) is 0 Å². The van der Waals surface area contributed by atoms with Crippen LogP contribution < -0.4 is 5.19 Å². The number of halogens is 1. The molecule has 0 amide bonds. The molecule has 0 bridgehead atoms. The second kappa shape index (κ2) is 3.64. The summed E-state index contributed by atoms with van der Waals surface area (Å²) >= 11 is 5.50. The first-order chi connectivity index (χ1) is 5.93. The lowest BCUT2D eigenvalue weighted by molar-refractivity contribution is 0.108. The second-order valence-corrected chi connectivity index (χ2v) is 9.45. The van der Waals surface area contributed by atoms with Crippen LogP contribution in [-0.4, -0.2) is 13.3 Å². The molecular weight excluding hydrogens is 200 g/mol. The molecule has 0 saturated carbocycles. The van der Waals surface area contributed by atoms with Gasteiger partial charge in [0.25, 0.3) is 5.24 Å². The van der Waals surface area contributed by atoms with Gasteiger partial charge in [-0.1, -0.05) is 43.9 Å². The van der Waals surface area contributed by atoms with Crippen molar-refractivity contribution < 1.29 is 4.79 Å². The number of carbonyl (C=O) groups excluding carboxylic acids is 1. The highest BCUT2D eigenvalue weighted by Crippen LogP contribution is 2.09. The summed E-state index contributed by atoms with van der Waals surface area (Å²) < 4.78 is 0. The molecule has 0 N–H and O–H groups in total. The first-order valence-electron chi connectivity index (χ1n) is 4.22. The van der Waals surface area contributed by atoms with Crippen LogP contribution in [-0.2, 0) is 0 Å². The fraction of sp³-hybridized carbons (Fsp3) is 0.300. The molecule has 1 nitrogen and oxygen atoms in total. The quantitative estimate of drug-likeness (QED) is 0.544. The molecule has 0 fully saturated rings. The zero-order valence-electron chi connectivity index (χ0n) is 8.10. The van der Waals surface area contributed by atoms with E-state index in [1.807, 2.05) is 18.2 Å². The Labute approximate surface area is 84.7 Å². The topological polar surface area (TPSA) is 17.1 Å². The largest absolute Gasteiger partial charge is 0.276 e. The number of rotatable bonds is 2. The molecule has 0 aliphatic heterocycles. The normalized spacial score (nSPS) is 11.4. The molecule has 0 aromatic heterocycles. The van der Waals surface area contributed by atoms with Crippen LogP contribution in [0.1, 0.15) is 10.4 Å². The number of benzene rings is 1. The molecule has 13 heavy (non-hydrogen) atoms. The van der Waals surface area contributed by atoms with E-state index in [4.69, 9.17) is 11.6 Å². The standard InChI is InChI=1S/C10H13ClOSi/c1-13(2,3)9-7-5-4-6-8(9)10(11)12/h4-7H,1-3H3. The second-order valence-electron chi connectivity index (χ2n) is 4.07. The van der Waals surface area contributed by atoms with Crippen molar-refractivity contribution in [3.63, 3.8) is 0 Å². The molecule has 0 atom stereocenters. The summed E-state index contributed by atoms with van der Waals surface area (Å²) in [5.41, 5.74) is 0.670. The Bertz CT molecular complexity index is 328. The smallest absolute Gasteiger partial charge is 0.252 e. The summed E-state index contributed by atoms with van der Waals surface area (Å²) in [4.78, 5) is 11.1. The van der Waals surface area contributed by atoms with Gasteiger partial charge >= 0.3 is 0 Å². The van der Waals surface area contributed by atoms with Crippen LogP contribution in [0.2, 0.25) is 19.6 Å². The molecular formula is C10H13ClOSi. The molecule has 0 spiro atoms. The molecule has 0 saturated heterocycles. The van der Waals surface area contributed by atoms with Gasteiger partial charge in [0.2, 0.25) is 0 Å². The Morgan fingerprint density at radius 2 is 1.77 bits per heavy atom. The summed E-state index contributed by atoms with van der Waals surface area (Å²) in [7, 11) is -1.45. The van der Waals surface area contributed by atoms with E-state index in [-0.39, 0.29) is 5.24 Å². The highest BCUT2D eigenvalue weighted by Gasteiger charge is 2.21. The van der Waals surface area contributed by atoms with Crippen LogP contribution in [0.3, 0.4) is 0 Å². The van der Waals surface area contributed by atoms with Crippen molar-refractivity contribution in [1.29, 1.82) is 0 Å². The summed E-state index contributed by atoms with van der Waals surface area (Å²) in [6.07, 6.45) is 0. The fourth-order valence-electron chi connectivity index (χ4n) is 1.31. The van der Waals surface area contributed by atoms with Gasteiger partial charge in [-0.25, -0.2) is 0 Å². The Kier molecular flexibility index (Phi) is 2.93. The average Bonchev–Trinajstić information content (AvgIpc) is 2.03. The zero-order chi connectivity index (χ0) is 10.1. The first kappa shape index (κ1) is 10.5. The molecule has 1 aromatic rings. The van der Waals surface area contributed by atoms with E-state index in [2.05, 4.69) is 19.6 Å². The molecule has 0 aliphatic rings. The minimum absolute atomic E-state index is 0.349. The van der Waals surface area contributed by atoms with Crippen LogP contribution in [0.4, 0.5) is 0 Å². The number of carbonyl (C=O) groups is 1. The molecule has 1 rings (SSSR count). The van der Waals surface area contributed by atoms with E-state index < -0.39 is 8.07 Å². The lowest BCUT2D eigenvalue weighted by atomic mass is 10.2. The minimum atomic E-state index is -1.45. The van der Waals surface area contributed by atoms with Gasteiger partial charge in [0.1, 0.15) is 0 Å². The summed E-state index contributed by atoms with van der Waals surface area (Å²) in [5, 5.41) is 0.785. The van der Waals surface area contributed by atoms with E-state index >= 15 is 0 Å². The average molecular weight is 213 g/mol. The van der Waals surface area contributed by atoms with Crippen molar-refractivity contribution in [2.75, 3.05) is 0 Å². The molecule has 0 heterocycles. The highest BCUT2D eigenvalue weighted by atomic mass is 35.5. The van der Waals surface area contributed by atoms with Crippen LogP contribution in [0, 0.1) is 0 Å². The van der Waals surface area contributed by atoms with Crippen molar-refractivity contribution in [1.82, 2.24) is 0 Å². The monoisotopic (exact) mass is 212 g/mol. The Morgan fingerprint density at radius 3 is 2.15 bits per heavy atom. The van der Waals surface area contributed by atoms with Crippen molar-refractivity contribution in [2.24, 2.45) is 0 Å². The SMILES string of the molecule is C[Si](C)(C)c1ccccc1C(=O)Cl. The zero-order valence-corrected chi connectivity index (χ0v) is 9.85. The van der Waals surface area contributed by atoms with E-state index in [9.17, 15) is 4.79 Å². The van der Waals surface area contributed by atoms with Crippen LogP contribution in [0.5, 0.6) is 0 Å². The van der Waals surface area contributed by atoms with E-state index in [0.717, 1.165) is 5.19 Å². The van der Waals surface area contributed by atoms with Crippen molar-refractivity contribution in [2.45, 2.75) is 19.6 Å². The Hall–Kier alpha value is -0.603. The summed E-state index contributed by atoms with van der Waals surface area (Å²) in [5.74, 6) is 0. The molecule has 70 valence electrons. The molecule has 0 radical (unpaired) electrons. The lowest BCUT2D eigenvalue weighted by Gasteiger charge is -2.18. The minimum Gasteiger partial charge on any atom is -0.276 e. The van der Waals surface area contributed by atoms with Crippen LogP contribution in [0.15, 0.2) is 24.3 Å². The van der Waals surface area contributed by atoms with Gasteiger partial charge < -0.3 is 0 Å². The number of hydrogen-bond acceptors (Lipinski definition) is 1. The van der Waals surface area contributed by atoms with E-state index in [1.54, 1.807) is 6.07 Å². The van der Waals surface area contributed by atoms with Gasteiger partial charge in [-0.3, -0.25) is 4.79 Å². The van der Waals surface area contributed by atoms with Crippen LogP contribution >= 0.6 is 11.6 Å². The third-order valence-corrected chi connectivity index (χ3v) is 4.20. The predicted octanol–water partition coefficient (Wildman–Crippen LogP) is 2.61. The summed E-state index contributed by atoms with van der Waals surface area (Å²) in [6.45, 7) is 6.60. The predicted molar refractivity (Wildman–Crippen MR) is 59.6 cm³/mol. The Morgan fingerprint density at radius 1 is 1.23 bits per heavy atom. The molecule has 1 aromatic carbocycles. The Balaban J connectivity index is 3.28. The lowest BCUT2D eigenvalue weighted by Crippen LogP contribution is -2.40. The highest BCUT2D eigenvalue weighted by molar-refractivity contribution is 6.90. The van der Waals surface area contributed by atoms with Gasteiger partial charge in [0.05, 0.1) is 8.07 Å². The van der Waals surface area contributed by atoms with Crippen LogP contribution in [0.25, 0.3) is 0 Å². The maximum atomic E-state index is 11.1. The third kappa shape index (κ3) is 2.42. The van der Waals surface area contributed by atoms with E-state index in [0.29, 0.717) is 5.56 Å². The number of hydrogen-bond donors (Lipinski definition) is 0. The maximum Gasteiger partial charge on any atom is 0.252 e. The first-order valence-corrected chi connectivity index (χ1v) is 8.10. The fourth-order valence-corrected chi connectivity index (χ4v) is 3.15. The van der Waals surface area contributed by atoms with Gasteiger partial charge in [0.15, 0.2) is 0 Å². The van der Waals surface area contributed by atoms with E-state index in [1.165, 1.54) is 0 Å². The van der Waals surface area contributed by atoms with Crippen molar-refractivity contribution >= 4 is 30.1 Å². The molecule has 3 heteroatoms. The molecule has 0 unspecified atom stereocenters. The van der Waals surface area contributed by atoms with Crippen molar-refractivity contribution in [3.05, 3.63) is 29.8 Å². The summed E-state index contributed by atoms with van der Waals surface area (Å²) in [6, 6.07) is 7.60. The van der Waals surface area contributed by atoms with Crippen molar-refractivity contribution in [3.8, 4) is 0 Å².